The van der Waals surface area contributed by atoms with E-state index < -0.39 is 10.2 Å². The zero-order valence-corrected chi connectivity index (χ0v) is 8.93. The average molecular weight is 218 g/mol. The fourth-order valence-electron chi connectivity index (χ4n) is 1.03. The van der Waals surface area contributed by atoms with Crippen LogP contribution in [0.4, 0.5) is 0 Å². The van der Waals surface area contributed by atoms with Crippen LogP contribution in [-0.4, -0.2) is 25.2 Å². The van der Waals surface area contributed by atoms with E-state index in [4.69, 9.17) is 0 Å². The first-order chi connectivity index (χ1) is 6.55. The molecule has 0 amide bonds. The molecule has 1 aromatic rings. The van der Waals surface area contributed by atoms with E-state index in [1.165, 1.54) is 0 Å². The Balaban J connectivity index is 2.61. The lowest BCUT2D eigenvalue weighted by atomic mass is 10.2. The Morgan fingerprint density at radius 3 is 2.86 bits per heavy atom. The van der Waals surface area contributed by atoms with Crippen molar-refractivity contribution in [3.05, 3.63) is 18.0 Å². The molecule has 6 nitrogen and oxygen atoms in total. The predicted molar refractivity (Wildman–Crippen MR) is 52.7 cm³/mol. The first kappa shape index (κ1) is 11.2. The summed E-state index contributed by atoms with van der Waals surface area (Å²) in [5, 5.41) is 6.36. The van der Waals surface area contributed by atoms with E-state index in [0.29, 0.717) is 6.54 Å². The van der Waals surface area contributed by atoms with E-state index in [1.807, 2.05) is 0 Å². The van der Waals surface area contributed by atoms with E-state index in [2.05, 4.69) is 19.6 Å². The lowest BCUT2D eigenvalue weighted by Gasteiger charge is -2.12. The van der Waals surface area contributed by atoms with Crippen molar-refractivity contribution in [2.24, 2.45) is 0 Å². The number of hydrogen-bond acceptors (Lipinski definition) is 3. The maximum atomic E-state index is 11.3. The van der Waals surface area contributed by atoms with Gasteiger partial charge in [-0.1, -0.05) is 6.92 Å². The van der Waals surface area contributed by atoms with Crippen LogP contribution in [0.5, 0.6) is 0 Å². The van der Waals surface area contributed by atoms with Gasteiger partial charge in [0.2, 0.25) is 0 Å². The first-order valence-electron chi connectivity index (χ1n) is 4.30. The Morgan fingerprint density at radius 1 is 1.64 bits per heavy atom. The third-order valence-electron chi connectivity index (χ3n) is 1.69. The van der Waals surface area contributed by atoms with Crippen LogP contribution < -0.4 is 9.44 Å². The summed E-state index contributed by atoms with van der Waals surface area (Å²) in [6, 6.07) is -0.294. The van der Waals surface area contributed by atoms with E-state index in [0.717, 1.165) is 5.56 Å². The van der Waals surface area contributed by atoms with Crippen molar-refractivity contribution in [1.82, 2.24) is 19.6 Å². The summed E-state index contributed by atoms with van der Waals surface area (Å²) in [4.78, 5) is 0. The molecule has 1 unspecified atom stereocenters. The van der Waals surface area contributed by atoms with Crippen molar-refractivity contribution >= 4 is 10.2 Å². The monoisotopic (exact) mass is 218 g/mol. The summed E-state index contributed by atoms with van der Waals surface area (Å²) in [6.07, 6.45) is 3.23. The lowest BCUT2D eigenvalue weighted by molar-refractivity contribution is 0.554. The summed E-state index contributed by atoms with van der Waals surface area (Å²) in [5.74, 6) is 0. The van der Waals surface area contributed by atoms with Gasteiger partial charge in [0.05, 0.1) is 6.20 Å². The molecule has 0 aliphatic rings. The highest BCUT2D eigenvalue weighted by molar-refractivity contribution is 7.87. The summed E-state index contributed by atoms with van der Waals surface area (Å²) in [5.41, 5.74) is 0.798. The molecule has 0 saturated carbocycles. The van der Waals surface area contributed by atoms with Crippen molar-refractivity contribution in [1.29, 1.82) is 0 Å². The summed E-state index contributed by atoms with van der Waals surface area (Å²) in [7, 11) is -3.40. The topological polar surface area (TPSA) is 86.9 Å². The van der Waals surface area contributed by atoms with E-state index in [1.54, 1.807) is 26.2 Å². The van der Waals surface area contributed by atoms with Crippen molar-refractivity contribution in [3.8, 4) is 0 Å². The van der Waals surface area contributed by atoms with Crippen LogP contribution in [0.2, 0.25) is 0 Å². The molecule has 80 valence electrons. The van der Waals surface area contributed by atoms with Crippen LogP contribution >= 0.6 is 0 Å². The fourth-order valence-corrected chi connectivity index (χ4v) is 2.10. The van der Waals surface area contributed by atoms with Crippen molar-refractivity contribution in [2.45, 2.75) is 19.9 Å². The van der Waals surface area contributed by atoms with Gasteiger partial charge < -0.3 is 0 Å². The third-order valence-corrected chi connectivity index (χ3v) is 3.02. The van der Waals surface area contributed by atoms with E-state index >= 15 is 0 Å². The number of H-pyrrole nitrogens is 1. The maximum absolute atomic E-state index is 11.3. The van der Waals surface area contributed by atoms with Gasteiger partial charge in [0, 0.05) is 24.3 Å². The lowest BCUT2D eigenvalue weighted by Crippen LogP contribution is -2.37. The standard InChI is InChI=1S/C7H14N4O2S/c1-3-10-14(12,13)11-6(2)7-4-8-9-5-7/h4-6,10-11H,3H2,1-2H3,(H,8,9). The van der Waals surface area contributed by atoms with Crippen molar-refractivity contribution in [3.63, 3.8) is 0 Å². The highest BCUT2D eigenvalue weighted by atomic mass is 32.2. The van der Waals surface area contributed by atoms with Crippen LogP contribution in [0.15, 0.2) is 12.4 Å². The highest BCUT2D eigenvalue weighted by Gasteiger charge is 2.14. The Hall–Kier alpha value is -0.920. The fraction of sp³-hybridized carbons (Fsp3) is 0.571. The van der Waals surface area contributed by atoms with Gasteiger partial charge >= 0.3 is 0 Å². The summed E-state index contributed by atoms with van der Waals surface area (Å²) < 4.78 is 27.4. The molecule has 0 fully saturated rings. The van der Waals surface area contributed by atoms with Gasteiger partial charge in [-0.25, -0.2) is 4.72 Å². The Bertz CT molecular complexity index is 359. The SMILES string of the molecule is CCNS(=O)(=O)NC(C)c1cn[nH]c1. The van der Waals surface area contributed by atoms with Gasteiger partial charge in [0.25, 0.3) is 10.2 Å². The zero-order chi connectivity index (χ0) is 10.6. The van der Waals surface area contributed by atoms with Crippen LogP contribution in [0.3, 0.4) is 0 Å². The van der Waals surface area contributed by atoms with E-state index in [9.17, 15) is 8.42 Å². The minimum absolute atomic E-state index is 0.294. The number of hydrogen-bond donors (Lipinski definition) is 3. The van der Waals surface area contributed by atoms with E-state index in [-0.39, 0.29) is 6.04 Å². The minimum Gasteiger partial charge on any atom is -0.285 e. The van der Waals surface area contributed by atoms with Crippen molar-refractivity contribution in [2.75, 3.05) is 6.54 Å². The molecule has 1 atom stereocenters. The highest BCUT2D eigenvalue weighted by Crippen LogP contribution is 2.09. The number of aromatic nitrogens is 2. The van der Waals surface area contributed by atoms with Crippen molar-refractivity contribution < 1.29 is 8.42 Å². The molecule has 7 heteroatoms. The van der Waals surface area contributed by atoms with Gasteiger partial charge in [-0.2, -0.15) is 18.2 Å². The Kier molecular flexibility index (Phi) is 3.62. The molecule has 0 radical (unpaired) electrons. The number of rotatable bonds is 5. The number of nitrogens with zero attached hydrogens (tertiary/aromatic N) is 1. The molecule has 1 aromatic heterocycles. The first-order valence-corrected chi connectivity index (χ1v) is 5.79. The molecule has 0 aromatic carbocycles. The molecule has 1 heterocycles. The second-order valence-corrected chi connectivity index (χ2v) is 4.40. The second-order valence-electron chi connectivity index (χ2n) is 2.87. The largest absolute Gasteiger partial charge is 0.285 e. The minimum atomic E-state index is -3.40. The Labute approximate surface area is 83.3 Å². The predicted octanol–water partition coefficient (Wildman–Crippen LogP) is -0.0854. The molecule has 14 heavy (non-hydrogen) atoms. The van der Waals surface area contributed by atoms with Crippen LogP contribution in [0, 0.1) is 0 Å². The molecular formula is C7H14N4O2S. The molecule has 0 aliphatic carbocycles. The quantitative estimate of drug-likeness (QED) is 0.645. The maximum Gasteiger partial charge on any atom is 0.277 e. The zero-order valence-electron chi connectivity index (χ0n) is 8.11. The van der Waals surface area contributed by atoms with Gasteiger partial charge in [-0.05, 0) is 6.92 Å². The van der Waals surface area contributed by atoms with Gasteiger partial charge in [0.1, 0.15) is 0 Å². The summed E-state index contributed by atoms with van der Waals surface area (Å²) >= 11 is 0. The third kappa shape index (κ3) is 3.09. The molecule has 1 rings (SSSR count). The molecule has 0 saturated heterocycles. The normalized spacial score (nSPS) is 14.1. The van der Waals surface area contributed by atoms with Crippen LogP contribution in [0.1, 0.15) is 25.5 Å². The second kappa shape index (κ2) is 4.54. The number of aromatic amines is 1. The summed E-state index contributed by atoms with van der Waals surface area (Å²) in [6.45, 7) is 3.84. The van der Waals surface area contributed by atoms with Crippen LogP contribution in [-0.2, 0) is 10.2 Å². The molecule has 3 N–H and O–H groups in total. The molecule has 0 spiro atoms. The van der Waals surface area contributed by atoms with Gasteiger partial charge in [-0.15, -0.1) is 0 Å². The van der Waals surface area contributed by atoms with Crippen LogP contribution in [0.25, 0.3) is 0 Å². The smallest absolute Gasteiger partial charge is 0.277 e. The molecular weight excluding hydrogens is 204 g/mol. The molecule has 0 aliphatic heterocycles. The number of nitrogens with one attached hydrogen (secondary N) is 3. The van der Waals surface area contributed by atoms with Gasteiger partial charge in [0.15, 0.2) is 0 Å². The average Bonchev–Trinajstić information content (AvgIpc) is 2.53. The van der Waals surface area contributed by atoms with Gasteiger partial charge in [-0.3, -0.25) is 5.10 Å². The molecule has 0 bridgehead atoms. The Morgan fingerprint density at radius 2 is 2.36 bits per heavy atom.